The molecule has 0 atom stereocenters. The Morgan fingerprint density at radius 1 is 0.267 bits per heavy atom. The number of alkyl halides is 3. The Labute approximate surface area is 771 Å². The molecular formula is C95H168I3N16O6+3. The van der Waals surface area contributed by atoms with Crippen molar-refractivity contribution in [3.8, 4) is 33.4 Å². The predicted molar refractivity (Wildman–Crippen MR) is 542 cm³/mol. The zero-order valence-corrected chi connectivity index (χ0v) is 87.7. The fraction of sp³-hybridized carbons (Fsp3) is 0.684. The minimum atomic E-state index is -0.533. The average molecular weight is 2010 g/mol. The molecule has 0 saturated heterocycles. The van der Waals surface area contributed by atoms with Crippen molar-refractivity contribution in [3.05, 3.63) is 138 Å². The molecule has 682 valence electrons. The standard InChI is InChI=1S/C34H62N6O2.C27H44IN4O2.C23H36N4O2.C7H18N2.C4H8I2/c1-33(2,3)37(41)26-29-17-18-31-30(27-38(42)34(4,5)6)25-36(28-32(29)31)20-16-24-40(11,12)22-14-13-21-39(9,10)23-15-19-35(7)8;1-26(2,3)30(33)19-22-12-13-24-23(20-31(34)27(4,5)6)18-29(21-25(22)24)15-11-17-32(7,8)16-10-9-14-28;1-22(2,3)26(28)15-18-10-11-20-19(16-27(29)23(4,5)6)14-25(17-21(18)20)13-9-12-24(7)8;1-8(2)6-5-7-9(3)4;5-3-1-2-4-6/h17-18,25-28H,13-16,19-24H2,1-12H3;12-13,18-21H,9-11,14-17H2,1-8H3;10-11,14-17H,9,12-13H2,1-8H3;5-7H2,1-4H3;1-4H2/q+2;+1;;;/b37-26-,38-27-;30-19-,31-20-;26-15-,27-16-;;. The highest BCUT2D eigenvalue weighted by Gasteiger charge is 2.29. The number of quaternary nitrogens is 3. The van der Waals surface area contributed by atoms with Gasteiger partial charge in [-0.25, -0.2) is 28.4 Å². The summed E-state index contributed by atoms with van der Waals surface area (Å²) in [6.45, 7) is 48.3. The molecule has 0 aromatic carbocycles. The summed E-state index contributed by atoms with van der Waals surface area (Å²) in [5.41, 5.74) is 8.08. The van der Waals surface area contributed by atoms with Crippen LogP contribution >= 0.6 is 67.8 Å². The molecule has 0 spiro atoms. The van der Waals surface area contributed by atoms with E-state index in [2.05, 4.69) is 231 Å². The van der Waals surface area contributed by atoms with Crippen LogP contribution < -0.4 is 0 Å². The summed E-state index contributed by atoms with van der Waals surface area (Å²) in [6, 6.07) is 11.9. The van der Waals surface area contributed by atoms with Gasteiger partial charge < -0.3 is 78.0 Å². The maximum absolute atomic E-state index is 12.9. The van der Waals surface area contributed by atoms with Crippen molar-refractivity contribution in [2.24, 2.45) is 0 Å². The second-order valence-corrected chi connectivity index (χ2v) is 45.0. The number of aromatic nitrogens is 3. The van der Waals surface area contributed by atoms with E-state index in [1.165, 1.54) is 104 Å². The molecule has 3 heterocycles. The largest absolute Gasteiger partial charge is 0.623 e. The Balaban J connectivity index is 0.000000566. The van der Waals surface area contributed by atoms with E-state index >= 15 is 0 Å². The number of hydrogen-bond acceptors (Lipinski definition) is 10. The van der Waals surface area contributed by atoms with Crippen LogP contribution in [-0.4, -0.2) is 323 Å². The molecule has 0 unspecified atom stereocenters. The van der Waals surface area contributed by atoms with Crippen molar-refractivity contribution >= 4 is 105 Å². The van der Waals surface area contributed by atoms with Crippen molar-refractivity contribution in [3.63, 3.8) is 0 Å². The van der Waals surface area contributed by atoms with Crippen LogP contribution in [0.4, 0.5) is 0 Å². The van der Waals surface area contributed by atoms with E-state index in [0.717, 1.165) is 174 Å². The number of nitrogens with zero attached hydrogens (tertiary/aromatic N) is 16. The smallest absolute Gasteiger partial charge is 0.184 e. The molecule has 0 aromatic rings. The number of hydrogen-bond donors (Lipinski definition) is 0. The summed E-state index contributed by atoms with van der Waals surface area (Å²) in [5, 5.41) is 76.1. The maximum atomic E-state index is 12.9. The third kappa shape index (κ3) is 43.3. The first-order chi connectivity index (χ1) is 55.2. The Morgan fingerprint density at radius 2 is 0.467 bits per heavy atom. The molecule has 0 amide bonds. The van der Waals surface area contributed by atoms with Gasteiger partial charge in [-0.3, -0.25) is 0 Å². The zero-order valence-electron chi connectivity index (χ0n) is 81.2. The molecule has 0 radical (unpaired) electrons. The SMILES string of the molecule is CC(C)(C)/[N+]([O-])=C/c1cn(CCC[N+](C)(C)CCCCI)cc2c(/C=[N+](\[O-])C(C)(C)C)ccc1-2.CN(C)CCCN(C)C.CN(C)CCC[N+](C)(C)CCCC[N+](C)(C)CCCn1cc(/C=[N+](\[O-])C(C)(C)C)c2ccc(/C=[N+](\[O-])C(C)(C)C)c-2c1.CN(C)CCCn1cc(/C=[N+](\[O-])C(C)(C)C)c2ccc(/C=[N+](\[O-])C(C)(C)C)c-2c1.ICCCCI. The molecule has 0 bridgehead atoms. The van der Waals surface area contributed by atoms with Crippen LogP contribution in [0.25, 0.3) is 33.4 Å². The number of aryl methyl sites for hydroxylation is 3. The van der Waals surface area contributed by atoms with E-state index in [1.54, 1.807) is 37.3 Å². The van der Waals surface area contributed by atoms with E-state index in [9.17, 15) is 31.2 Å². The molecule has 120 heavy (non-hydrogen) atoms. The van der Waals surface area contributed by atoms with E-state index in [-0.39, 0.29) is 0 Å². The minimum Gasteiger partial charge on any atom is -0.623 e. The highest BCUT2D eigenvalue weighted by molar-refractivity contribution is 14.1. The summed E-state index contributed by atoms with van der Waals surface area (Å²) in [5.74, 6) is 0. The number of fused-ring (bicyclic) bond motifs is 3. The van der Waals surface area contributed by atoms with Crippen LogP contribution in [-0.2, 0) is 19.6 Å². The Morgan fingerprint density at radius 3 is 0.708 bits per heavy atom. The van der Waals surface area contributed by atoms with Gasteiger partial charge >= 0.3 is 0 Å². The molecule has 0 aromatic heterocycles. The van der Waals surface area contributed by atoms with E-state index in [0.29, 0.717) is 0 Å². The highest BCUT2D eigenvalue weighted by Crippen LogP contribution is 2.34. The molecule has 0 fully saturated rings. The van der Waals surface area contributed by atoms with Crippen molar-refractivity contribution in [2.75, 3.05) is 177 Å². The lowest BCUT2D eigenvalue weighted by molar-refractivity contribution is -0.897. The summed E-state index contributed by atoms with van der Waals surface area (Å²) in [4.78, 5) is 8.85. The lowest BCUT2D eigenvalue weighted by atomic mass is 10.0. The van der Waals surface area contributed by atoms with Crippen LogP contribution in [0.1, 0.15) is 229 Å². The third-order valence-electron chi connectivity index (χ3n) is 20.7. The molecule has 3 aliphatic carbocycles. The van der Waals surface area contributed by atoms with Gasteiger partial charge in [-0.1, -0.05) is 86.0 Å². The van der Waals surface area contributed by atoms with Gasteiger partial charge in [0.15, 0.2) is 70.5 Å². The van der Waals surface area contributed by atoms with Crippen LogP contribution in [0.3, 0.4) is 0 Å². The Kier molecular flexibility index (Phi) is 47.2. The molecule has 6 aliphatic rings. The third-order valence-corrected chi connectivity index (χ3v) is 23.0. The molecule has 0 saturated carbocycles. The van der Waals surface area contributed by atoms with Crippen LogP contribution in [0, 0.1) is 31.2 Å². The fourth-order valence-electron chi connectivity index (χ4n) is 12.7. The van der Waals surface area contributed by atoms with Gasteiger partial charge in [-0.2, -0.15) is 0 Å². The number of rotatable bonds is 38. The van der Waals surface area contributed by atoms with Crippen LogP contribution in [0.15, 0.2) is 73.6 Å². The predicted octanol–water partition coefficient (Wildman–Crippen LogP) is 18.2. The van der Waals surface area contributed by atoms with Gasteiger partial charge in [0.1, 0.15) is 0 Å². The molecule has 25 heteroatoms. The first kappa shape index (κ1) is 111. The van der Waals surface area contributed by atoms with E-state index in [4.69, 9.17) is 0 Å². The van der Waals surface area contributed by atoms with E-state index in [1.807, 2.05) is 167 Å². The molecule has 22 nitrogen and oxygen atoms in total. The fourth-order valence-corrected chi connectivity index (χ4v) is 14.3. The number of halogens is 3. The monoisotopic (exact) mass is 2010 g/mol. The highest BCUT2D eigenvalue weighted by atomic mass is 127. The summed E-state index contributed by atoms with van der Waals surface area (Å²) >= 11 is 7.26. The van der Waals surface area contributed by atoms with Gasteiger partial charge in [0, 0.05) is 253 Å². The first-order valence-electron chi connectivity index (χ1n) is 43.7. The quantitative estimate of drug-likeness (QED) is 0.00528. The van der Waals surface area contributed by atoms with Gasteiger partial charge in [0.2, 0.25) is 0 Å². The van der Waals surface area contributed by atoms with E-state index < -0.39 is 33.2 Å². The normalized spacial score (nSPS) is 13.8. The molecule has 6 rings (SSSR count). The maximum Gasteiger partial charge on any atom is 0.184 e. The van der Waals surface area contributed by atoms with Crippen molar-refractivity contribution in [1.82, 2.24) is 33.3 Å². The van der Waals surface area contributed by atoms with Crippen LogP contribution in [0.2, 0.25) is 0 Å². The topological polar surface area (TPSA) is 184 Å². The Bertz CT molecular complexity index is 4020. The number of pyridine rings is 3. The van der Waals surface area contributed by atoms with Crippen molar-refractivity contribution < 1.29 is 41.9 Å². The van der Waals surface area contributed by atoms with Gasteiger partial charge in [0.05, 0.1) is 98.2 Å². The van der Waals surface area contributed by atoms with Crippen LogP contribution in [0.5, 0.6) is 0 Å². The Hall–Kier alpha value is -4.99. The number of hydroxylamine groups is 6. The first-order valence-corrected chi connectivity index (χ1v) is 48.2. The molecular weight excluding hydrogens is 1840 g/mol. The van der Waals surface area contributed by atoms with Crippen molar-refractivity contribution in [1.29, 1.82) is 0 Å². The van der Waals surface area contributed by atoms with Crippen molar-refractivity contribution in [2.45, 2.75) is 248 Å². The van der Waals surface area contributed by atoms with Gasteiger partial charge in [0.25, 0.3) is 0 Å². The van der Waals surface area contributed by atoms with Gasteiger partial charge in [-0.15, -0.1) is 0 Å². The minimum absolute atomic E-state index is 0.507. The van der Waals surface area contributed by atoms with Gasteiger partial charge in [-0.05, 0) is 163 Å². The second-order valence-electron chi connectivity index (χ2n) is 41.8. The lowest BCUT2D eigenvalue weighted by Crippen LogP contribution is -2.44. The average Bonchev–Trinajstić information content (AvgIpc) is 1.63. The molecule has 0 N–H and O–H groups in total. The second kappa shape index (κ2) is 51.0. The summed E-state index contributed by atoms with van der Waals surface area (Å²) in [6.07, 6.45) is 35.9. The lowest BCUT2D eigenvalue weighted by Gasteiger charge is -2.32. The zero-order chi connectivity index (χ0) is 91.8. The molecule has 3 aliphatic heterocycles. The summed E-state index contributed by atoms with van der Waals surface area (Å²) < 4.78 is 19.5. The summed E-state index contributed by atoms with van der Waals surface area (Å²) in [7, 11) is 30.8. The number of unbranched alkanes of at least 4 members (excludes halogenated alkanes) is 3.